The molecule has 0 aromatic heterocycles. The SMILES string of the molecule is COc1ccc(/C=N\NC(=O)C2CCN(C(=O)c3ccccc3Cl)CC2)cc1. The fourth-order valence-electron chi connectivity index (χ4n) is 3.10. The highest BCUT2D eigenvalue weighted by molar-refractivity contribution is 6.33. The number of carbonyl (C=O) groups is 2. The molecule has 6 nitrogen and oxygen atoms in total. The Labute approximate surface area is 169 Å². The van der Waals surface area contributed by atoms with Crippen molar-refractivity contribution in [3.63, 3.8) is 0 Å². The van der Waals surface area contributed by atoms with Gasteiger partial charge in [-0.2, -0.15) is 5.10 Å². The summed E-state index contributed by atoms with van der Waals surface area (Å²) < 4.78 is 5.10. The molecule has 1 fully saturated rings. The van der Waals surface area contributed by atoms with Gasteiger partial charge in [0.15, 0.2) is 0 Å². The number of benzene rings is 2. The number of amides is 2. The van der Waals surface area contributed by atoms with E-state index < -0.39 is 0 Å². The van der Waals surface area contributed by atoms with Crippen LogP contribution in [0.2, 0.25) is 5.02 Å². The molecule has 7 heteroatoms. The Balaban J connectivity index is 1.49. The number of hydrogen-bond donors (Lipinski definition) is 1. The van der Waals surface area contributed by atoms with Gasteiger partial charge in [0.05, 0.1) is 23.9 Å². The summed E-state index contributed by atoms with van der Waals surface area (Å²) in [6.45, 7) is 1.04. The van der Waals surface area contributed by atoms with Crippen molar-refractivity contribution in [1.29, 1.82) is 0 Å². The fraction of sp³-hybridized carbons (Fsp3) is 0.286. The Morgan fingerprint density at radius 2 is 1.82 bits per heavy atom. The highest BCUT2D eigenvalue weighted by atomic mass is 35.5. The largest absolute Gasteiger partial charge is 0.497 e. The summed E-state index contributed by atoms with van der Waals surface area (Å²) in [6, 6.07) is 14.4. The van der Waals surface area contributed by atoms with Gasteiger partial charge in [0.1, 0.15) is 5.75 Å². The molecule has 0 atom stereocenters. The lowest BCUT2D eigenvalue weighted by Crippen LogP contribution is -2.42. The zero-order chi connectivity index (χ0) is 19.9. The number of ether oxygens (including phenoxy) is 1. The number of rotatable bonds is 5. The van der Waals surface area contributed by atoms with Gasteiger partial charge in [0, 0.05) is 19.0 Å². The van der Waals surface area contributed by atoms with Crippen molar-refractivity contribution in [3.05, 3.63) is 64.7 Å². The second kappa shape index (κ2) is 9.37. The first-order valence-corrected chi connectivity index (χ1v) is 9.47. The van der Waals surface area contributed by atoms with E-state index in [-0.39, 0.29) is 17.7 Å². The maximum Gasteiger partial charge on any atom is 0.255 e. The van der Waals surface area contributed by atoms with Crippen molar-refractivity contribution >= 4 is 29.6 Å². The number of piperidine rings is 1. The molecule has 2 aromatic carbocycles. The van der Waals surface area contributed by atoms with E-state index in [0.29, 0.717) is 36.5 Å². The van der Waals surface area contributed by atoms with Crippen molar-refractivity contribution < 1.29 is 14.3 Å². The Bertz CT molecular complexity index is 859. The summed E-state index contributed by atoms with van der Waals surface area (Å²) in [5.74, 6) is 0.374. The van der Waals surface area contributed by atoms with Crippen LogP contribution in [0.1, 0.15) is 28.8 Å². The molecule has 0 radical (unpaired) electrons. The molecule has 0 aliphatic carbocycles. The van der Waals surface area contributed by atoms with E-state index in [1.807, 2.05) is 24.3 Å². The van der Waals surface area contributed by atoms with Crippen LogP contribution in [0.15, 0.2) is 53.6 Å². The number of hydrogen-bond acceptors (Lipinski definition) is 4. The zero-order valence-corrected chi connectivity index (χ0v) is 16.4. The molecule has 0 unspecified atom stereocenters. The maximum absolute atomic E-state index is 12.6. The van der Waals surface area contributed by atoms with Gasteiger partial charge in [-0.05, 0) is 54.8 Å². The highest BCUT2D eigenvalue weighted by Gasteiger charge is 2.28. The number of carbonyl (C=O) groups excluding carboxylic acids is 2. The Morgan fingerprint density at radius 1 is 1.14 bits per heavy atom. The van der Waals surface area contributed by atoms with Crippen LogP contribution in [0.25, 0.3) is 0 Å². The molecule has 1 aliphatic rings. The summed E-state index contributed by atoms with van der Waals surface area (Å²) >= 11 is 6.11. The summed E-state index contributed by atoms with van der Waals surface area (Å²) in [7, 11) is 1.61. The first-order chi connectivity index (χ1) is 13.6. The van der Waals surface area contributed by atoms with Gasteiger partial charge >= 0.3 is 0 Å². The van der Waals surface area contributed by atoms with E-state index in [2.05, 4.69) is 10.5 Å². The standard InChI is InChI=1S/C21H22ClN3O3/c1-28-17-8-6-15(7-9-17)14-23-24-20(26)16-10-12-25(13-11-16)21(27)18-4-2-3-5-19(18)22/h2-9,14,16H,10-13H2,1H3,(H,24,26)/b23-14-. The highest BCUT2D eigenvalue weighted by Crippen LogP contribution is 2.22. The second-order valence-electron chi connectivity index (χ2n) is 6.55. The number of likely N-dealkylation sites (tertiary alicyclic amines) is 1. The minimum Gasteiger partial charge on any atom is -0.497 e. The lowest BCUT2D eigenvalue weighted by Gasteiger charge is -2.31. The molecule has 1 saturated heterocycles. The molecule has 2 amide bonds. The second-order valence-corrected chi connectivity index (χ2v) is 6.96. The van der Waals surface area contributed by atoms with Crippen LogP contribution in [-0.4, -0.2) is 43.1 Å². The Kier molecular flexibility index (Phi) is 6.66. The number of nitrogens with zero attached hydrogens (tertiary/aromatic N) is 2. The van der Waals surface area contributed by atoms with Gasteiger partial charge in [0.25, 0.3) is 5.91 Å². The molecule has 2 aromatic rings. The van der Waals surface area contributed by atoms with Crippen LogP contribution in [0, 0.1) is 5.92 Å². The number of hydrazone groups is 1. The van der Waals surface area contributed by atoms with Crippen LogP contribution in [0.3, 0.4) is 0 Å². The van der Waals surface area contributed by atoms with Crippen LogP contribution in [0.4, 0.5) is 0 Å². The minimum atomic E-state index is -0.164. The number of halogens is 1. The molecule has 1 aliphatic heterocycles. The van der Waals surface area contributed by atoms with Crippen molar-refractivity contribution in [2.75, 3.05) is 20.2 Å². The third kappa shape index (κ3) is 4.89. The molecule has 0 bridgehead atoms. The Morgan fingerprint density at radius 3 is 2.46 bits per heavy atom. The van der Waals surface area contributed by atoms with Gasteiger partial charge < -0.3 is 9.64 Å². The average Bonchev–Trinajstić information content (AvgIpc) is 2.74. The smallest absolute Gasteiger partial charge is 0.255 e. The molecular weight excluding hydrogens is 378 g/mol. The van der Waals surface area contributed by atoms with E-state index in [1.165, 1.54) is 0 Å². The molecular formula is C21H22ClN3O3. The van der Waals surface area contributed by atoms with Gasteiger partial charge in [-0.15, -0.1) is 0 Å². The average molecular weight is 400 g/mol. The lowest BCUT2D eigenvalue weighted by atomic mass is 9.95. The third-order valence-corrected chi connectivity index (χ3v) is 5.09. The van der Waals surface area contributed by atoms with Crippen LogP contribution in [0.5, 0.6) is 5.75 Å². The summed E-state index contributed by atoms with van der Waals surface area (Å²) in [6.07, 6.45) is 2.79. The van der Waals surface area contributed by atoms with Gasteiger partial charge in [0.2, 0.25) is 5.91 Å². The molecule has 1 heterocycles. The van der Waals surface area contributed by atoms with Gasteiger partial charge in [-0.1, -0.05) is 23.7 Å². The topological polar surface area (TPSA) is 71.0 Å². The van der Waals surface area contributed by atoms with E-state index >= 15 is 0 Å². The van der Waals surface area contributed by atoms with Gasteiger partial charge in [-0.25, -0.2) is 5.43 Å². The van der Waals surface area contributed by atoms with Crippen LogP contribution >= 0.6 is 11.6 Å². The molecule has 1 N–H and O–H groups in total. The molecule has 146 valence electrons. The van der Waals surface area contributed by atoms with E-state index in [9.17, 15) is 9.59 Å². The first-order valence-electron chi connectivity index (χ1n) is 9.09. The van der Waals surface area contributed by atoms with E-state index in [1.54, 1.807) is 42.5 Å². The predicted molar refractivity (Wildman–Crippen MR) is 109 cm³/mol. The lowest BCUT2D eigenvalue weighted by molar-refractivity contribution is -0.126. The molecule has 0 saturated carbocycles. The quantitative estimate of drug-likeness (QED) is 0.619. The minimum absolute atomic E-state index is 0.0954. The Hall–Kier alpha value is -2.86. The van der Waals surface area contributed by atoms with Crippen LogP contribution in [-0.2, 0) is 4.79 Å². The van der Waals surface area contributed by atoms with Gasteiger partial charge in [-0.3, -0.25) is 9.59 Å². The van der Waals surface area contributed by atoms with Crippen LogP contribution < -0.4 is 10.2 Å². The monoisotopic (exact) mass is 399 g/mol. The maximum atomic E-state index is 12.6. The van der Waals surface area contributed by atoms with Crippen molar-refractivity contribution in [1.82, 2.24) is 10.3 Å². The molecule has 28 heavy (non-hydrogen) atoms. The van der Waals surface area contributed by atoms with Crippen molar-refractivity contribution in [3.8, 4) is 5.75 Å². The van der Waals surface area contributed by atoms with Crippen molar-refractivity contribution in [2.24, 2.45) is 11.0 Å². The summed E-state index contributed by atoms with van der Waals surface area (Å²) in [4.78, 5) is 26.6. The normalized spacial score (nSPS) is 14.9. The third-order valence-electron chi connectivity index (χ3n) is 4.76. The molecule has 0 spiro atoms. The summed E-state index contributed by atoms with van der Waals surface area (Å²) in [5.41, 5.74) is 3.95. The van der Waals surface area contributed by atoms with E-state index in [4.69, 9.17) is 16.3 Å². The number of methoxy groups -OCH3 is 1. The predicted octanol–water partition coefficient (Wildman–Crippen LogP) is 3.35. The zero-order valence-electron chi connectivity index (χ0n) is 15.6. The van der Waals surface area contributed by atoms with Crippen molar-refractivity contribution in [2.45, 2.75) is 12.8 Å². The van der Waals surface area contributed by atoms with E-state index in [0.717, 1.165) is 11.3 Å². The molecule has 3 rings (SSSR count). The number of nitrogens with one attached hydrogen (secondary N) is 1. The first kappa shape index (κ1) is 19.9. The summed E-state index contributed by atoms with van der Waals surface area (Å²) in [5, 5.41) is 4.47. The fourth-order valence-corrected chi connectivity index (χ4v) is 3.32.